The molecule has 2 aliphatic rings. The summed E-state index contributed by atoms with van der Waals surface area (Å²) in [5.74, 6) is 2.15. The van der Waals surface area contributed by atoms with Gasteiger partial charge in [0.2, 0.25) is 0 Å². The lowest BCUT2D eigenvalue weighted by molar-refractivity contribution is 0.0792. The lowest BCUT2D eigenvalue weighted by Gasteiger charge is -2.30. The second-order valence-corrected chi connectivity index (χ2v) is 10.2. The van der Waals surface area contributed by atoms with Crippen LogP contribution in [0.4, 0.5) is 0 Å². The highest BCUT2D eigenvalue weighted by Crippen LogP contribution is 2.28. The minimum atomic E-state index is -0.106. The van der Waals surface area contributed by atoms with Crippen molar-refractivity contribution in [2.45, 2.75) is 82.9 Å². The molecule has 1 saturated carbocycles. The summed E-state index contributed by atoms with van der Waals surface area (Å²) in [5.41, 5.74) is 2.58. The molecule has 6 heteroatoms. The van der Waals surface area contributed by atoms with E-state index < -0.39 is 0 Å². The predicted molar refractivity (Wildman–Crippen MR) is 129 cm³/mol. The van der Waals surface area contributed by atoms with Crippen molar-refractivity contribution in [3.05, 3.63) is 35.4 Å². The molecule has 0 aromatic heterocycles. The quantitative estimate of drug-likeness (QED) is 0.431. The lowest BCUT2D eigenvalue weighted by atomic mass is 9.95. The second kappa shape index (κ2) is 12.6. The van der Waals surface area contributed by atoms with Gasteiger partial charge in [-0.3, -0.25) is 4.90 Å². The number of aliphatic hydroxyl groups excluding tert-OH is 1. The number of thioether (sulfide) groups is 1. The molecule has 2 fully saturated rings. The van der Waals surface area contributed by atoms with Gasteiger partial charge in [-0.25, -0.2) is 4.99 Å². The summed E-state index contributed by atoms with van der Waals surface area (Å²) in [4.78, 5) is 7.28. The monoisotopic (exact) mass is 432 g/mol. The van der Waals surface area contributed by atoms with E-state index in [9.17, 15) is 5.11 Å². The zero-order valence-corrected chi connectivity index (χ0v) is 19.6. The van der Waals surface area contributed by atoms with Gasteiger partial charge in [0.25, 0.3) is 0 Å². The Morgan fingerprint density at radius 2 is 1.83 bits per heavy atom. The highest BCUT2D eigenvalue weighted by molar-refractivity contribution is 7.99. The summed E-state index contributed by atoms with van der Waals surface area (Å²) in [7, 11) is 0. The Morgan fingerprint density at radius 3 is 2.53 bits per heavy atom. The van der Waals surface area contributed by atoms with Crippen LogP contribution in [0.3, 0.4) is 0 Å². The first-order valence-corrected chi connectivity index (χ1v) is 12.9. The Labute approximate surface area is 187 Å². The molecule has 1 saturated heterocycles. The van der Waals surface area contributed by atoms with Crippen LogP contribution in [0.25, 0.3) is 0 Å². The van der Waals surface area contributed by atoms with Crippen LogP contribution in [0.15, 0.2) is 29.3 Å². The normalized spacial score (nSPS) is 24.0. The molecule has 0 radical (unpaired) electrons. The minimum Gasteiger partial charge on any atom is -0.393 e. The van der Waals surface area contributed by atoms with Crippen LogP contribution < -0.4 is 10.6 Å². The number of aliphatic imine (C=N–C) groups is 1. The van der Waals surface area contributed by atoms with Crippen molar-refractivity contribution in [2.24, 2.45) is 4.99 Å². The van der Waals surface area contributed by atoms with Crippen molar-refractivity contribution in [1.29, 1.82) is 0 Å². The number of hydrogen-bond acceptors (Lipinski definition) is 4. The molecular formula is C24H40N4OS. The van der Waals surface area contributed by atoms with Gasteiger partial charge in [-0.2, -0.15) is 11.8 Å². The lowest BCUT2D eigenvalue weighted by Crippen LogP contribution is -2.45. The maximum absolute atomic E-state index is 9.66. The molecule has 0 amide bonds. The number of nitrogens with zero attached hydrogens (tertiary/aromatic N) is 2. The molecule has 1 heterocycles. The summed E-state index contributed by atoms with van der Waals surface area (Å²) < 4.78 is 0. The highest BCUT2D eigenvalue weighted by Gasteiger charge is 2.22. The largest absolute Gasteiger partial charge is 0.393 e. The summed E-state index contributed by atoms with van der Waals surface area (Å²) in [5, 5.41) is 17.6. The Kier molecular flexibility index (Phi) is 9.82. The number of benzene rings is 1. The van der Waals surface area contributed by atoms with E-state index in [0.29, 0.717) is 12.6 Å². The zero-order chi connectivity index (χ0) is 21.2. The van der Waals surface area contributed by atoms with Gasteiger partial charge in [0, 0.05) is 37.5 Å². The standard InChI is InChI=1S/C24H40N4OS/c1-3-25-24(27-21-6-5-7-23(16-21)30-4-2)26-17-19-8-10-20(11-9-19)18-28-14-12-22(29)13-15-28/h8-11,21-23,29H,3-7,12-18H2,1-2H3,(H2,25,26,27). The molecule has 3 N–H and O–H groups in total. The van der Waals surface area contributed by atoms with E-state index in [1.54, 1.807) is 0 Å². The van der Waals surface area contributed by atoms with Gasteiger partial charge in [-0.1, -0.05) is 37.6 Å². The molecule has 1 aliphatic carbocycles. The molecule has 3 rings (SSSR count). The average molecular weight is 433 g/mol. The van der Waals surface area contributed by atoms with Crippen molar-refractivity contribution in [1.82, 2.24) is 15.5 Å². The van der Waals surface area contributed by atoms with Crippen LogP contribution in [0, 0.1) is 0 Å². The van der Waals surface area contributed by atoms with Crippen molar-refractivity contribution in [3.8, 4) is 0 Å². The molecular weight excluding hydrogens is 392 g/mol. The summed E-state index contributed by atoms with van der Waals surface area (Å²) in [6.07, 6.45) is 6.84. The fourth-order valence-corrected chi connectivity index (χ4v) is 5.61. The van der Waals surface area contributed by atoms with E-state index in [0.717, 1.165) is 50.2 Å². The van der Waals surface area contributed by atoms with Crippen LogP contribution >= 0.6 is 11.8 Å². The van der Waals surface area contributed by atoms with Crippen molar-refractivity contribution < 1.29 is 5.11 Å². The fourth-order valence-electron chi connectivity index (χ4n) is 4.43. The third kappa shape index (κ3) is 7.78. The molecule has 0 spiro atoms. The van der Waals surface area contributed by atoms with Crippen LogP contribution in [-0.2, 0) is 13.1 Å². The molecule has 1 aromatic rings. The van der Waals surface area contributed by atoms with Gasteiger partial charge in [0.15, 0.2) is 5.96 Å². The predicted octanol–water partition coefficient (Wildman–Crippen LogP) is 3.76. The first-order chi connectivity index (χ1) is 14.7. The van der Waals surface area contributed by atoms with Crippen molar-refractivity contribution >= 4 is 17.7 Å². The Morgan fingerprint density at radius 1 is 1.10 bits per heavy atom. The van der Waals surface area contributed by atoms with Gasteiger partial charge >= 0.3 is 0 Å². The molecule has 168 valence electrons. The summed E-state index contributed by atoms with van der Waals surface area (Å²) in [6.45, 7) is 8.92. The third-order valence-corrected chi connectivity index (χ3v) is 7.35. The van der Waals surface area contributed by atoms with Gasteiger partial charge < -0.3 is 15.7 Å². The summed E-state index contributed by atoms with van der Waals surface area (Å²) in [6, 6.07) is 9.39. The SMILES string of the molecule is CCNC(=NCc1ccc(CN2CCC(O)CC2)cc1)NC1CCCC(SCC)C1. The Bertz CT molecular complexity index is 641. The van der Waals surface area contributed by atoms with E-state index in [-0.39, 0.29) is 6.10 Å². The van der Waals surface area contributed by atoms with Gasteiger partial charge in [-0.05, 0) is 55.9 Å². The van der Waals surface area contributed by atoms with Crippen LogP contribution in [0.2, 0.25) is 0 Å². The van der Waals surface area contributed by atoms with E-state index in [4.69, 9.17) is 4.99 Å². The second-order valence-electron chi connectivity index (χ2n) is 8.60. The first kappa shape index (κ1) is 23.4. The molecule has 30 heavy (non-hydrogen) atoms. The van der Waals surface area contributed by atoms with Crippen LogP contribution in [0.1, 0.15) is 63.5 Å². The minimum absolute atomic E-state index is 0.106. The molecule has 2 atom stereocenters. The maximum Gasteiger partial charge on any atom is 0.191 e. The number of nitrogens with one attached hydrogen (secondary N) is 2. The number of piperidine rings is 1. The van der Waals surface area contributed by atoms with Gasteiger partial charge in [0.1, 0.15) is 0 Å². The number of guanidine groups is 1. The van der Waals surface area contributed by atoms with Crippen LogP contribution in [-0.4, -0.2) is 58.7 Å². The third-order valence-electron chi connectivity index (χ3n) is 6.12. The smallest absolute Gasteiger partial charge is 0.191 e. The fraction of sp³-hybridized carbons (Fsp3) is 0.708. The number of rotatable bonds is 8. The van der Waals surface area contributed by atoms with Gasteiger partial charge in [0.05, 0.1) is 12.6 Å². The summed E-state index contributed by atoms with van der Waals surface area (Å²) >= 11 is 2.10. The molecule has 5 nitrogen and oxygen atoms in total. The Balaban J connectivity index is 1.50. The molecule has 0 bridgehead atoms. The Hall–Kier alpha value is -1.24. The topological polar surface area (TPSA) is 59.9 Å². The van der Waals surface area contributed by atoms with E-state index in [1.807, 2.05) is 0 Å². The first-order valence-electron chi connectivity index (χ1n) is 11.8. The molecule has 1 aromatic carbocycles. The molecule has 2 unspecified atom stereocenters. The number of hydrogen-bond donors (Lipinski definition) is 3. The molecule has 1 aliphatic heterocycles. The number of likely N-dealkylation sites (tertiary alicyclic amines) is 1. The average Bonchev–Trinajstić information content (AvgIpc) is 2.75. The number of aliphatic hydroxyl groups is 1. The van der Waals surface area contributed by atoms with E-state index in [1.165, 1.54) is 42.6 Å². The van der Waals surface area contributed by atoms with Crippen molar-refractivity contribution in [3.63, 3.8) is 0 Å². The van der Waals surface area contributed by atoms with Crippen molar-refractivity contribution in [2.75, 3.05) is 25.4 Å². The van der Waals surface area contributed by atoms with Gasteiger partial charge in [-0.15, -0.1) is 0 Å². The van der Waals surface area contributed by atoms with E-state index in [2.05, 4.69) is 65.4 Å². The van der Waals surface area contributed by atoms with E-state index >= 15 is 0 Å². The zero-order valence-electron chi connectivity index (χ0n) is 18.8. The van der Waals surface area contributed by atoms with Crippen LogP contribution in [0.5, 0.6) is 0 Å². The highest BCUT2D eigenvalue weighted by atomic mass is 32.2. The maximum atomic E-state index is 9.66.